The second kappa shape index (κ2) is 6.03. The number of aliphatic hydroxyl groups excluding tert-OH is 1. The van der Waals surface area contributed by atoms with Crippen LogP contribution in [0, 0.1) is 0 Å². The molecule has 2 heterocycles. The molecule has 1 aliphatic rings. The van der Waals surface area contributed by atoms with E-state index in [9.17, 15) is 5.11 Å². The van der Waals surface area contributed by atoms with Crippen LogP contribution in [-0.2, 0) is 11.3 Å². The van der Waals surface area contributed by atoms with Gasteiger partial charge in [0.15, 0.2) is 0 Å². The Morgan fingerprint density at radius 3 is 2.74 bits per heavy atom. The fraction of sp³-hybridized carbons (Fsp3) is 0.786. The quantitative estimate of drug-likeness (QED) is 0.877. The number of aromatic nitrogens is 2. The molecule has 1 aromatic heterocycles. The number of aryl methyl sites for hydroxylation is 1. The first-order valence-electron chi connectivity index (χ1n) is 7.09. The molecule has 1 fully saturated rings. The van der Waals surface area contributed by atoms with Gasteiger partial charge in [0, 0.05) is 36.9 Å². The molecule has 0 aromatic carbocycles. The van der Waals surface area contributed by atoms with Crippen LogP contribution in [0.25, 0.3) is 0 Å². The summed E-state index contributed by atoms with van der Waals surface area (Å²) in [4.78, 5) is 2.29. The van der Waals surface area contributed by atoms with E-state index in [0.29, 0.717) is 0 Å². The van der Waals surface area contributed by atoms with Crippen LogP contribution in [0.3, 0.4) is 0 Å². The van der Waals surface area contributed by atoms with E-state index in [1.807, 2.05) is 10.9 Å². The third-order valence-electron chi connectivity index (χ3n) is 3.92. The topological polar surface area (TPSA) is 50.5 Å². The molecule has 19 heavy (non-hydrogen) atoms. The van der Waals surface area contributed by atoms with Crippen molar-refractivity contribution in [2.45, 2.75) is 45.4 Å². The Morgan fingerprint density at radius 2 is 2.11 bits per heavy atom. The summed E-state index contributed by atoms with van der Waals surface area (Å²) < 4.78 is 7.27. The molecule has 0 saturated carbocycles. The lowest BCUT2D eigenvalue weighted by atomic mass is 9.90. The molecule has 5 nitrogen and oxygen atoms in total. The van der Waals surface area contributed by atoms with E-state index in [-0.39, 0.29) is 5.54 Å². The molecule has 1 aromatic rings. The van der Waals surface area contributed by atoms with Gasteiger partial charge in [-0.05, 0) is 20.3 Å². The van der Waals surface area contributed by atoms with Gasteiger partial charge in [0.25, 0.3) is 0 Å². The maximum atomic E-state index is 10.6. The Hall–Kier alpha value is -0.910. The van der Waals surface area contributed by atoms with E-state index >= 15 is 0 Å². The lowest BCUT2D eigenvalue weighted by molar-refractivity contribution is -0.0630. The van der Waals surface area contributed by atoms with Gasteiger partial charge in [-0.1, -0.05) is 6.92 Å². The van der Waals surface area contributed by atoms with Crippen LogP contribution in [0.15, 0.2) is 12.4 Å². The molecule has 0 aliphatic carbocycles. The summed E-state index contributed by atoms with van der Waals surface area (Å²) in [5.41, 5.74) is 0.592. The van der Waals surface area contributed by atoms with Crippen molar-refractivity contribution in [3.8, 4) is 0 Å². The zero-order valence-electron chi connectivity index (χ0n) is 12.2. The van der Waals surface area contributed by atoms with E-state index in [1.165, 1.54) is 0 Å². The van der Waals surface area contributed by atoms with Crippen LogP contribution in [-0.4, -0.2) is 51.6 Å². The number of hydrogen-bond donors (Lipinski definition) is 1. The highest BCUT2D eigenvalue weighted by Crippen LogP contribution is 2.31. The maximum absolute atomic E-state index is 10.6. The van der Waals surface area contributed by atoms with Crippen molar-refractivity contribution in [2.24, 2.45) is 0 Å². The van der Waals surface area contributed by atoms with Crippen LogP contribution >= 0.6 is 0 Å². The summed E-state index contributed by atoms with van der Waals surface area (Å²) in [5, 5.41) is 14.9. The van der Waals surface area contributed by atoms with Crippen LogP contribution < -0.4 is 0 Å². The lowest BCUT2D eigenvalue weighted by Gasteiger charge is -2.43. The number of ether oxygens (including phenoxy) is 1. The third-order valence-corrected chi connectivity index (χ3v) is 3.92. The Kier molecular flexibility index (Phi) is 4.60. The molecule has 2 rings (SSSR count). The van der Waals surface area contributed by atoms with E-state index < -0.39 is 6.10 Å². The predicted molar refractivity (Wildman–Crippen MR) is 73.9 cm³/mol. The number of nitrogens with zero attached hydrogens (tertiary/aromatic N) is 3. The third kappa shape index (κ3) is 3.16. The Bertz CT molecular complexity index is 397. The molecule has 108 valence electrons. The molecular weight excluding hydrogens is 242 g/mol. The Labute approximate surface area is 115 Å². The van der Waals surface area contributed by atoms with Crippen LogP contribution in [0.2, 0.25) is 0 Å². The second-order valence-corrected chi connectivity index (χ2v) is 5.69. The first-order chi connectivity index (χ1) is 9.05. The Balaban J connectivity index is 2.09. The molecular formula is C14H25N3O2. The van der Waals surface area contributed by atoms with E-state index in [4.69, 9.17) is 4.74 Å². The van der Waals surface area contributed by atoms with E-state index in [2.05, 4.69) is 30.8 Å². The monoisotopic (exact) mass is 267 g/mol. The van der Waals surface area contributed by atoms with Gasteiger partial charge in [0.1, 0.15) is 0 Å². The summed E-state index contributed by atoms with van der Waals surface area (Å²) in [6.45, 7) is 10.4. The zero-order chi connectivity index (χ0) is 13.9. The van der Waals surface area contributed by atoms with Crippen molar-refractivity contribution < 1.29 is 9.84 Å². The van der Waals surface area contributed by atoms with Crippen molar-refractivity contribution in [2.75, 3.05) is 26.3 Å². The molecule has 1 saturated heterocycles. The summed E-state index contributed by atoms with van der Waals surface area (Å²) in [6.07, 6.45) is 4.25. The minimum atomic E-state index is -0.531. The summed E-state index contributed by atoms with van der Waals surface area (Å²) >= 11 is 0. The summed E-state index contributed by atoms with van der Waals surface area (Å²) in [6, 6.07) is 0. The number of aliphatic hydroxyl groups is 1. The van der Waals surface area contributed by atoms with Crippen molar-refractivity contribution in [3.05, 3.63) is 18.0 Å². The maximum Gasteiger partial charge on any atom is 0.0998 e. The van der Waals surface area contributed by atoms with Gasteiger partial charge in [-0.3, -0.25) is 9.58 Å². The Morgan fingerprint density at radius 1 is 1.42 bits per heavy atom. The fourth-order valence-corrected chi connectivity index (χ4v) is 2.59. The molecule has 5 heteroatoms. The molecule has 0 radical (unpaired) electrons. The highest BCUT2D eigenvalue weighted by atomic mass is 16.5. The predicted octanol–water partition coefficient (Wildman–Crippen LogP) is 1.44. The average molecular weight is 267 g/mol. The van der Waals surface area contributed by atoms with Crippen LogP contribution in [0.1, 0.15) is 38.9 Å². The first kappa shape index (κ1) is 14.5. The molecule has 0 amide bonds. The van der Waals surface area contributed by atoms with Gasteiger partial charge in [0.2, 0.25) is 0 Å². The SMILES string of the molecule is CCCn1cc(C(O)C(C)(C)N2CCOCC2)cn1. The molecule has 1 N–H and O–H groups in total. The summed E-state index contributed by atoms with van der Waals surface area (Å²) in [5.74, 6) is 0. The normalized spacial score (nSPS) is 19.6. The largest absolute Gasteiger partial charge is 0.386 e. The van der Waals surface area contributed by atoms with Crippen molar-refractivity contribution in [1.82, 2.24) is 14.7 Å². The number of morpholine rings is 1. The average Bonchev–Trinajstić information content (AvgIpc) is 2.88. The summed E-state index contributed by atoms with van der Waals surface area (Å²) in [7, 11) is 0. The molecule has 1 aliphatic heterocycles. The molecule has 0 spiro atoms. The van der Waals surface area contributed by atoms with Crippen molar-refractivity contribution in [1.29, 1.82) is 0 Å². The smallest absolute Gasteiger partial charge is 0.0998 e. The highest BCUT2D eigenvalue weighted by Gasteiger charge is 2.36. The van der Waals surface area contributed by atoms with Crippen LogP contribution in [0.4, 0.5) is 0 Å². The fourth-order valence-electron chi connectivity index (χ4n) is 2.59. The van der Waals surface area contributed by atoms with Gasteiger partial charge >= 0.3 is 0 Å². The number of hydrogen-bond acceptors (Lipinski definition) is 4. The van der Waals surface area contributed by atoms with E-state index in [0.717, 1.165) is 44.8 Å². The van der Waals surface area contributed by atoms with Gasteiger partial charge in [0.05, 0.1) is 25.5 Å². The van der Waals surface area contributed by atoms with Gasteiger partial charge in [-0.2, -0.15) is 5.10 Å². The first-order valence-corrected chi connectivity index (χ1v) is 7.09. The molecule has 1 atom stereocenters. The highest BCUT2D eigenvalue weighted by molar-refractivity contribution is 5.14. The minimum absolute atomic E-state index is 0.302. The van der Waals surface area contributed by atoms with Crippen molar-refractivity contribution in [3.63, 3.8) is 0 Å². The standard InChI is InChI=1S/C14H25N3O2/c1-4-5-17-11-12(10-15-17)13(18)14(2,3)16-6-8-19-9-7-16/h10-11,13,18H,4-9H2,1-3H3. The van der Waals surface area contributed by atoms with Crippen molar-refractivity contribution >= 4 is 0 Å². The lowest BCUT2D eigenvalue weighted by Crippen LogP contribution is -2.53. The number of rotatable bonds is 5. The molecule has 1 unspecified atom stereocenters. The zero-order valence-corrected chi connectivity index (χ0v) is 12.2. The van der Waals surface area contributed by atoms with Gasteiger partial charge in [-0.25, -0.2) is 0 Å². The van der Waals surface area contributed by atoms with E-state index in [1.54, 1.807) is 6.20 Å². The van der Waals surface area contributed by atoms with Crippen LogP contribution in [0.5, 0.6) is 0 Å². The van der Waals surface area contributed by atoms with Gasteiger partial charge in [-0.15, -0.1) is 0 Å². The van der Waals surface area contributed by atoms with Gasteiger partial charge < -0.3 is 9.84 Å². The molecule has 0 bridgehead atoms. The minimum Gasteiger partial charge on any atom is -0.386 e. The second-order valence-electron chi connectivity index (χ2n) is 5.69.